The summed E-state index contributed by atoms with van der Waals surface area (Å²) in [7, 11) is 0. The average Bonchev–Trinajstić information content (AvgIpc) is 3.45. The highest BCUT2D eigenvalue weighted by atomic mass is 32.1. The average molecular weight is 490 g/mol. The summed E-state index contributed by atoms with van der Waals surface area (Å²) in [6, 6.07) is 7.46. The summed E-state index contributed by atoms with van der Waals surface area (Å²) in [5.74, 6) is -0.0355. The Morgan fingerprint density at radius 1 is 1.29 bits per heavy atom. The lowest BCUT2D eigenvalue weighted by Crippen LogP contribution is -2.39. The molecule has 180 valence electrons. The zero-order valence-corrected chi connectivity index (χ0v) is 20.7. The Hall–Kier alpha value is -3.72. The highest BCUT2D eigenvalue weighted by molar-refractivity contribution is 7.21. The summed E-state index contributed by atoms with van der Waals surface area (Å²) < 4.78 is 0. The van der Waals surface area contributed by atoms with Crippen LogP contribution in [-0.4, -0.2) is 46.9 Å². The van der Waals surface area contributed by atoms with Crippen molar-refractivity contribution in [3.8, 4) is 0 Å². The van der Waals surface area contributed by atoms with Crippen LogP contribution in [-0.2, 0) is 4.79 Å². The van der Waals surface area contributed by atoms with Crippen LogP contribution in [0.1, 0.15) is 47.0 Å². The summed E-state index contributed by atoms with van der Waals surface area (Å²) in [6.07, 6.45) is 3.62. The first-order chi connectivity index (χ1) is 16.8. The van der Waals surface area contributed by atoms with Gasteiger partial charge >= 0.3 is 6.03 Å². The Labute approximate surface area is 207 Å². The van der Waals surface area contributed by atoms with Gasteiger partial charge in [0.15, 0.2) is 0 Å². The fourth-order valence-corrected chi connectivity index (χ4v) is 5.75. The number of aryl methyl sites for hydroxylation is 1. The fraction of sp³-hybridized carbons (Fsp3) is 0.308. The third kappa shape index (κ3) is 3.95. The fourth-order valence-electron chi connectivity index (χ4n) is 4.73. The first-order valence-corrected chi connectivity index (χ1v) is 12.5. The molecule has 2 aromatic heterocycles. The van der Waals surface area contributed by atoms with Crippen LogP contribution in [0.2, 0.25) is 0 Å². The van der Waals surface area contributed by atoms with Gasteiger partial charge < -0.3 is 15.5 Å². The Morgan fingerprint density at radius 2 is 2.09 bits per heavy atom. The third-order valence-corrected chi connectivity index (χ3v) is 7.69. The van der Waals surface area contributed by atoms with Crippen molar-refractivity contribution in [3.63, 3.8) is 0 Å². The molecular formula is C26H27N5O3S. The van der Waals surface area contributed by atoms with Crippen molar-refractivity contribution in [3.05, 3.63) is 59.1 Å². The van der Waals surface area contributed by atoms with Gasteiger partial charge in [-0.25, -0.2) is 9.78 Å². The minimum Gasteiger partial charge on any atom is -0.347 e. The smallest absolute Gasteiger partial charge is 0.331 e. The number of carbonyl (C=O) groups excluding carboxylic acids is 3. The molecule has 2 N–H and O–H groups in total. The summed E-state index contributed by atoms with van der Waals surface area (Å²) >= 11 is 1.25. The molecule has 8 nitrogen and oxygen atoms in total. The summed E-state index contributed by atoms with van der Waals surface area (Å²) in [6.45, 7) is 10.8. The molecule has 9 heteroatoms. The molecule has 0 aliphatic carbocycles. The monoisotopic (exact) mass is 489 g/mol. The number of benzene rings is 1. The highest BCUT2D eigenvalue weighted by Gasteiger charge is 2.34. The molecule has 2 aliphatic rings. The van der Waals surface area contributed by atoms with Crippen LogP contribution in [0.25, 0.3) is 10.2 Å². The van der Waals surface area contributed by atoms with E-state index < -0.39 is 0 Å². The van der Waals surface area contributed by atoms with E-state index in [1.54, 1.807) is 16.0 Å². The zero-order chi connectivity index (χ0) is 24.9. The van der Waals surface area contributed by atoms with E-state index in [4.69, 9.17) is 0 Å². The van der Waals surface area contributed by atoms with E-state index in [1.165, 1.54) is 23.0 Å². The van der Waals surface area contributed by atoms with Gasteiger partial charge in [0.25, 0.3) is 5.91 Å². The number of nitrogens with zero attached hydrogens (tertiary/aromatic N) is 3. The largest absolute Gasteiger partial charge is 0.347 e. The predicted molar refractivity (Wildman–Crippen MR) is 139 cm³/mol. The lowest BCUT2D eigenvalue weighted by molar-refractivity contribution is -0.125. The van der Waals surface area contributed by atoms with Gasteiger partial charge in [-0.2, -0.15) is 0 Å². The summed E-state index contributed by atoms with van der Waals surface area (Å²) in [4.78, 5) is 47.3. The molecule has 1 atom stereocenters. The lowest BCUT2D eigenvalue weighted by Gasteiger charge is -2.30. The highest BCUT2D eigenvalue weighted by Crippen LogP contribution is 2.46. The number of urea groups is 1. The number of carbonyl (C=O) groups is 3. The number of likely N-dealkylation sites (tertiary alicyclic amines) is 1. The second-order valence-corrected chi connectivity index (χ2v) is 10.2. The van der Waals surface area contributed by atoms with Crippen molar-refractivity contribution >= 4 is 56.5 Å². The first kappa shape index (κ1) is 23.0. The molecule has 2 aliphatic heterocycles. The Kier molecular flexibility index (Phi) is 5.80. The van der Waals surface area contributed by atoms with Gasteiger partial charge in [-0.05, 0) is 48.6 Å². The van der Waals surface area contributed by atoms with Crippen molar-refractivity contribution in [2.24, 2.45) is 0 Å². The minimum atomic E-state index is -0.318. The number of nitrogens with one attached hydrogen (secondary N) is 2. The van der Waals surface area contributed by atoms with Crippen LogP contribution in [0, 0.1) is 6.92 Å². The van der Waals surface area contributed by atoms with Gasteiger partial charge in [-0.15, -0.1) is 11.3 Å². The van der Waals surface area contributed by atoms with Crippen molar-refractivity contribution in [1.29, 1.82) is 0 Å². The molecule has 0 radical (unpaired) electrons. The molecule has 4 amide bonds. The summed E-state index contributed by atoms with van der Waals surface area (Å²) in [5.41, 5.74) is 4.18. The van der Waals surface area contributed by atoms with Crippen LogP contribution in [0.15, 0.2) is 43.1 Å². The lowest BCUT2D eigenvalue weighted by atomic mass is 9.99. The Bertz CT molecular complexity index is 1380. The van der Waals surface area contributed by atoms with E-state index in [0.29, 0.717) is 46.5 Å². The number of hydrogen-bond acceptors (Lipinski definition) is 5. The van der Waals surface area contributed by atoms with Crippen LogP contribution >= 0.6 is 11.3 Å². The number of anilines is 3. The molecule has 0 spiro atoms. The first-order valence-electron chi connectivity index (χ1n) is 11.6. The van der Waals surface area contributed by atoms with Crippen LogP contribution < -0.4 is 15.5 Å². The van der Waals surface area contributed by atoms with E-state index in [9.17, 15) is 14.4 Å². The van der Waals surface area contributed by atoms with E-state index in [-0.39, 0.29) is 23.9 Å². The maximum absolute atomic E-state index is 13.4. The van der Waals surface area contributed by atoms with Gasteiger partial charge in [0.05, 0.1) is 22.4 Å². The molecule has 5 rings (SSSR count). The Balaban J connectivity index is 1.49. The van der Waals surface area contributed by atoms with Gasteiger partial charge in [0, 0.05) is 25.3 Å². The zero-order valence-electron chi connectivity index (χ0n) is 19.9. The standard InChI is InChI=1S/C26H27N5O3S/c1-5-20(32)30-11-9-17(13-30)28-24(33)23-22-21-19(8-10-27-25(21)35-23)31(26(34)29-22)18-7-6-16(14(2)3)12-15(18)4/h5-8,10,12,14,17H,1,9,11,13H2,2-4H3,(H,28,33)(H,29,34). The molecule has 1 fully saturated rings. The van der Waals surface area contributed by atoms with Crippen molar-refractivity contribution in [2.45, 2.75) is 39.2 Å². The maximum Gasteiger partial charge on any atom is 0.331 e. The number of aromatic nitrogens is 1. The number of amides is 4. The van der Waals surface area contributed by atoms with Gasteiger partial charge in [-0.3, -0.25) is 14.5 Å². The molecule has 1 unspecified atom stereocenters. The van der Waals surface area contributed by atoms with Crippen molar-refractivity contribution in [1.82, 2.24) is 15.2 Å². The predicted octanol–water partition coefficient (Wildman–Crippen LogP) is 4.93. The molecule has 3 aromatic rings. The van der Waals surface area contributed by atoms with Gasteiger partial charge in [0.2, 0.25) is 5.91 Å². The molecular weight excluding hydrogens is 462 g/mol. The number of hydrogen-bond donors (Lipinski definition) is 2. The minimum absolute atomic E-state index is 0.142. The van der Waals surface area contributed by atoms with E-state index >= 15 is 0 Å². The quantitative estimate of drug-likeness (QED) is 0.497. The maximum atomic E-state index is 13.4. The summed E-state index contributed by atoms with van der Waals surface area (Å²) in [5, 5.41) is 6.72. The number of rotatable bonds is 5. The normalized spacial score (nSPS) is 17.1. The molecule has 35 heavy (non-hydrogen) atoms. The number of thiophene rings is 1. The molecule has 0 saturated carbocycles. The SMILES string of the molecule is C=CC(=O)N1CCC(NC(=O)c2sc3nccc4c3c2NC(=O)N4c2ccc(C(C)C)cc2C)C1. The van der Waals surface area contributed by atoms with Crippen LogP contribution in [0.3, 0.4) is 0 Å². The molecule has 4 heterocycles. The van der Waals surface area contributed by atoms with E-state index in [0.717, 1.165) is 16.6 Å². The Morgan fingerprint density at radius 3 is 2.80 bits per heavy atom. The van der Waals surface area contributed by atoms with Crippen molar-refractivity contribution in [2.75, 3.05) is 23.3 Å². The second-order valence-electron chi connectivity index (χ2n) is 9.23. The van der Waals surface area contributed by atoms with E-state index in [2.05, 4.69) is 42.1 Å². The van der Waals surface area contributed by atoms with Gasteiger partial charge in [-0.1, -0.05) is 32.6 Å². The van der Waals surface area contributed by atoms with Gasteiger partial charge in [0.1, 0.15) is 9.71 Å². The van der Waals surface area contributed by atoms with Crippen LogP contribution in [0.5, 0.6) is 0 Å². The van der Waals surface area contributed by atoms with E-state index in [1.807, 2.05) is 25.1 Å². The third-order valence-electron chi connectivity index (χ3n) is 6.59. The number of pyridine rings is 1. The molecule has 0 bridgehead atoms. The van der Waals surface area contributed by atoms with Crippen molar-refractivity contribution < 1.29 is 14.4 Å². The molecule has 1 aromatic carbocycles. The van der Waals surface area contributed by atoms with Crippen LogP contribution in [0.4, 0.5) is 21.9 Å². The molecule has 1 saturated heterocycles. The topological polar surface area (TPSA) is 94.6 Å². The second kappa shape index (κ2) is 8.81.